The summed E-state index contributed by atoms with van der Waals surface area (Å²) >= 11 is 0. The number of hydrogen-bond donors (Lipinski definition) is 0. The van der Waals surface area contributed by atoms with E-state index in [4.69, 9.17) is 4.74 Å². The fourth-order valence-corrected chi connectivity index (χ4v) is 0.820. The number of allylic oxidation sites excluding steroid dienone is 3. The van der Waals surface area contributed by atoms with Gasteiger partial charge in [0.25, 0.3) is 0 Å². The maximum atomic E-state index is 10.4. The monoisotopic (exact) mass is 168 g/mol. The summed E-state index contributed by atoms with van der Waals surface area (Å²) in [7, 11) is 0. The minimum Gasteiger partial charge on any atom is -0.466 e. The average molecular weight is 168 g/mol. The maximum absolute atomic E-state index is 10.4. The van der Waals surface area contributed by atoms with Gasteiger partial charge in [-0.3, -0.25) is 4.79 Å². The lowest BCUT2D eigenvalue weighted by molar-refractivity contribution is -0.140. The van der Waals surface area contributed by atoms with Gasteiger partial charge in [-0.15, -0.1) is 0 Å². The van der Waals surface area contributed by atoms with Gasteiger partial charge in [0.05, 0.1) is 6.61 Å². The number of rotatable bonds is 4. The summed E-state index contributed by atoms with van der Waals surface area (Å²) in [5, 5.41) is 0. The molecule has 0 saturated heterocycles. The SMILES string of the molecule is CC=CC(C)=CCCOC(C)=O. The first-order valence-corrected chi connectivity index (χ1v) is 4.09. The number of carbonyl (C=O) groups is 1. The molecule has 2 heteroatoms. The van der Waals surface area contributed by atoms with Crippen LogP contribution in [-0.2, 0) is 9.53 Å². The van der Waals surface area contributed by atoms with E-state index in [0.717, 1.165) is 6.42 Å². The molecular weight excluding hydrogens is 152 g/mol. The van der Waals surface area contributed by atoms with E-state index in [9.17, 15) is 4.79 Å². The van der Waals surface area contributed by atoms with Crippen molar-refractivity contribution in [2.45, 2.75) is 27.2 Å². The summed E-state index contributed by atoms with van der Waals surface area (Å²) in [5.41, 5.74) is 1.20. The van der Waals surface area contributed by atoms with E-state index in [1.54, 1.807) is 0 Å². The van der Waals surface area contributed by atoms with Gasteiger partial charge in [-0.1, -0.05) is 23.8 Å². The van der Waals surface area contributed by atoms with Crippen molar-refractivity contribution in [1.82, 2.24) is 0 Å². The van der Waals surface area contributed by atoms with Crippen molar-refractivity contribution in [3.8, 4) is 0 Å². The van der Waals surface area contributed by atoms with Crippen LogP contribution < -0.4 is 0 Å². The van der Waals surface area contributed by atoms with E-state index < -0.39 is 0 Å². The third kappa shape index (κ3) is 7.06. The highest BCUT2D eigenvalue weighted by Gasteiger charge is 1.89. The van der Waals surface area contributed by atoms with Crippen molar-refractivity contribution in [1.29, 1.82) is 0 Å². The second-order valence-corrected chi connectivity index (χ2v) is 2.58. The van der Waals surface area contributed by atoms with Crippen LogP contribution in [0.15, 0.2) is 23.8 Å². The zero-order valence-electron chi connectivity index (χ0n) is 7.96. The molecule has 0 aromatic heterocycles. The third-order valence-electron chi connectivity index (χ3n) is 1.32. The van der Waals surface area contributed by atoms with Crippen LogP contribution in [0.5, 0.6) is 0 Å². The van der Waals surface area contributed by atoms with Gasteiger partial charge in [0.2, 0.25) is 0 Å². The molecule has 0 saturated carbocycles. The standard InChI is InChI=1S/C10H16O2/c1-4-6-9(2)7-5-8-12-10(3)11/h4,6-7H,5,8H2,1-3H3. The van der Waals surface area contributed by atoms with Gasteiger partial charge in [-0.25, -0.2) is 0 Å². The lowest BCUT2D eigenvalue weighted by atomic mass is 10.2. The Bertz CT molecular complexity index is 190. The zero-order valence-corrected chi connectivity index (χ0v) is 7.96. The zero-order chi connectivity index (χ0) is 9.40. The van der Waals surface area contributed by atoms with E-state index in [-0.39, 0.29) is 5.97 Å². The summed E-state index contributed by atoms with van der Waals surface area (Å²) < 4.78 is 4.76. The molecule has 0 aromatic carbocycles. The minimum atomic E-state index is -0.216. The lowest BCUT2D eigenvalue weighted by Gasteiger charge is -1.97. The molecule has 12 heavy (non-hydrogen) atoms. The van der Waals surface area contributed by atoms with E-state index in [0.29, 0.717) is 6.61 Å². The minimum absolute atomic E-state index is 0.216. The van der Waals surface area contributed by atoms with Crippen LogP contribution in [0.25, 0.3) is 0 Å². The van der Waals surface area contributed by atoms with Gasteiger partial charge in [0.15, 0.2) is 0 Å². The quantitative estimate of drug-likeness (QED) is 0.366. The molecule has 0 atom stereocenters. The first kappa shape index (κ1) is 11.0. The Kier molecular flexibility index (Phi) is 6.07. The van der Waals surface area contributed by atoms with E-state index in [2.05, 4.69) is 0 Å². The molecule has 0 heterocycles. The number of carbonyl (C=O) groups excluding carboxylic acids is 1. The van der Waals surface area contributed by atoms with Gasteiger partial charge < -0.3 is 4.74 Å². The van der Waals surface area contributed by atoms with Crippen LogP contribution in [0.2, 0.25) is 0 Å². The number of ether oxygens (including phenoxy) is 1. The molecule has 0 amide bonds. The first-order valence-electron chi connectivity index (χ1n) is 4.09. The van der Waals surface area contributed by atoms with Crippen molar-refractivity contribution in [3.63, 3.8) is 0 Å². The van der Waals surface area contributed by atoms with Crippen molar-refractivity contribution < 1.29 is 9.53 Å². The topological polar surface area (TPSA) is 26.3 Å². The Morgan fingerprint density at radius 3 is 2.58 bits per heavy atom. The maximum Gasteiger partial charge on any atom is 0.302 e. The van der Waals surface area contributed by atoms with E-state index >= 15 is 0 Å². The smallest absolute Gasteiger partial charge is 0.302 e. The summed E-state index contributed by atoms with van der Waals surface area (Å²) in [6.45, 7) is 5.89. The van der Waals surface area contributed by atoms with Gasteiger partial charge in [-0.05, 0) is 13.8 Å². The van der Waals surface area contributed by atoms with Crippen LogP contribution >= 0.6 is 0 Å². The third-order valence-corrected chi connectivity index (χ3v) is 1.32. The van der Waals surface area contributed by atoms with Gasteiger partial charge in [0.1, 0.15) is 0 Å². The highest BCUT2D eigenvalue weighted by atomic mass is 16.5. The molecule has 68 valence electrons. The van der Waals surface area contributed by atoms with Gasteiger partial charge in [0, 0.05) is 13.3 Å². The Hall–Kier alpha value is -1.05. The first-order chi connectivity index (χ1) is 5.66. The molecule has 0 rings (SSSR count). The summed E-state index contributed by atoms with van der Waals surface area (Å²) in [4.78, 5) is 10.4. The predicted octanol–water partition coefficient (Wildman–Crippen LogP) is 2.46. The molecule has 0 N–H and O–H groups in total. The van der Waals surface area contributed by atoms with E-state index in [1.807, 2.05) is 32.1 Å². The molecular formula is C10H16O2. The van der Waals surface area contributed by atoms with Crippen molar-refractivity contribution in [2.75, 3.05) is 6.61 Å². The second kappa shape index (κ2) is 6.65. The molecule has 0 radical (unpaired) electrons. The molecule has 0 unspecified atom stereocenters. The molecule has 0 aliphatic carbocycles. The number of esters is 1. The molecule has 0 spiro atoms. The predicted molar refractivity (Wildman–Crippen MR) is 49.8 cm³/mol. The normalized spacial score (nSPS) is 12.1. The second-order valence-electron chi connectivity index (χ2n) is 2.58. The fraction of sp³-hybridized carbons (Fsp3) is 0.500. The molecule has 0 fully saturated rings. The molecule has 2 nitrogen and oxygen atoms in total. The van der Waals surface area contributed by atoms with Crippen LogP contribution in [0, 0.1) is 0 Å². The van der Waals surface area contributed by atoms with Gasteiger partial charge >= 0.3 is 5.97 Å². The molecule has 0 aliphatic heterocycles. The fourth-order valence-electron chi connectivity index (χ4n) is 0.820. The Morgan fingerprint density at radius 1 is 1.42 bits per heavy atom. The van der Waals surface area contributed by atoms with Gasteiger partial charge in [-0.2, -0.15) is 0 Å². The van der Waals surface area contributed by atoms with Crippen molar-refractivity contribution in [3.05, 3.63) is 23.8 Å². The van der Waals surface area contributed by atoms with E-state index in [1.165, 1.54) is 12.5 Å². The van der Waals surface area contributed by atoms with Crippen LogP contribution in [0.3, 0.4) is 0 Å². The van der Waals surface area contributed by atoms with Crippen molar-refractivity contribution >= 4 is 5.97 Å². The summed E-state index contributed by atoms with van der Waals surface area (Å²) in [6.07, 6.45) is 6.84. The van der Waals surface area contributed by atoms with Crippen LogP contribution in [0.4, 0.5) is 0 Å². The largest absolute Gasteiger partial charge is 0.466 e. The average Bonchev–Trinajstić information content (AvgIpc) is 1.98. The highest BCUT2D eigenvalue weighted by Crippen LogP contribution is 1.97. The highest BCUT2D eigenvalue weighted by molar-refractivity contribution is 5.65. The van der Waals surface area contributed by atoms with Crippen LogP contribution in [0.1, 0.15) is 27.2 Å². The lowest BCUT2D eigenvalue weighted by Crippen LogP contribution is -1.99. The Labute approximate surface area is 73.9 Å². The summed E-state index contributed by atoms with van der Waals surface area (Å²) in [5.74, 6) is -0.216. The summed E-state index contributed by atoms with van der Waals surface area (Å²) in [6, 6.07) is 0. The van der Waals surface area contributed by atoms with Crippen LogP contribution in [-0.4, -0.2) is 12.6 Å². The Balaban J connectivity index is 3.53. The number of hydrogen-bond acceptors (Lipinski definition) is 2. The Morgan fingerprint density at radius 2 is 2.08 bits per heavy atom. The molecule has 0 aliphatic rings. The van der Waals surface area contributed by atoms with Crippen molar-refractivity contribution in [2.24, 2.45) is 0 Å². The molecule has 0 aromatic rings. The molecule has 0 bridgehead atoms.